The van der Waals surface area contributed by atoms with E-state index in [0.29, 0.717) is 11.1 Å². The molecule has 9 nitrogen and oxygen atoms in total. The van der Waals surface area contributed by atoms with Crippen molar-refractivity contribution in [1.29, 1.82) is 0 Å². The number of likely N-dealkylation sites (tertiary alicyclic amines) is 1. The van der Waals surface area contributed by atoms with Crippen molar-refractivity contribution in [3.8, 4) is 0 Å². The molecule has 0 N–H and O–H groups in total. The van der Waals surface area contributed by atoms with Crippen LogP contribution in [-0.2, 0) is 33.4 Å². The Kier molecular flexibility index (Phi) is 7.46. The van der Waals surface area contributed by atoms with Gasteiger partial charge in [-0.1, -0.05) is 12.1 Å². The average molecular weight is 417 g/mol. The SMILES string of the molecule is CCOC(=O)C1C(=O)/C(=C/c2ccc(C(=O)OC)cc2)CN(C(C)C(=O)OC)C1=O. The van der Waals surface area contributed by atoms with Crippen molar-refractivity contribution < 1.29 is 38.2 Å². The molecule has 1 heterocycles. The van der Waals surface area contributed by atoms with Gasteiger partial charge in [0, 0.05) is 5.57 Å². The Balaban J connectivity index is 2.43. The summed E-state index contributed by atoms with van der Waals surface area (Å²) in [5.74, 6) is -5.35. The zero-order chi connectivity index (χ0) is 22.4. The second kappa shape index (κ2) is 9.82. The molecule has 0 bridgehead atoms. The lowest BCUT2D eigenvalue weighted by Gasteiger charge is -2.34. The van der Waals surface area contributed by atoms with Gasteiger partial charge in [-0.2, -0.15) is 0 Å². The van der Waals surface area contributed by atoms with Gasteiger partial charge in [-0.25, -0.2) is 9.59 Å². The molecular formula is C21H23NO8. The normalized spacial score (nSPS) is 18.7. The van der Waals surface area contributed by atoms with Crippen molar-refractivity contribution in [2.75, 3.05) is 27.4 Å². The maximum Gasteiger partial charge on any atom is 0.337 e. The number of ether oxygens (including phenoxy) is 3. The van der Waals surface area contributed by atoms with Crippen molar-refractivity contribution in [2.45, 2.75) is 19.9 Å². The number of carbonyl (C=O) groups excluding carboxylic acids is 5. The van der Waals surface area contributed by atoms with Crippen molar-refractivity contribution >= 4 is 35.7 Å². The van der Waals surface area contributed by atoms with E-state index >= 15 is 0 Å². The number of methoxy groups -OCH3 is 2. The predicted octanol–water partition coefficient (Wildman–Crippen LogP) is 1.01. The van der Waals surface area contributed by atoms with Gasteiger partial charge in [0.05, 0.1) is 32.9 Å². The molecule has 2 rings (SSSR count). The van der Waals surface area contributed by atoms with Crippen LogP contribution >= 0.6 is 0 Å². The first-order valence-electron chi connectivity index (χ1n) is 9.23. The van der Waals surface area contributed by atoms with E-state index in [4.69, 9.17) is 4.74 Å². The Morgan fingerprint density at radius 1 is 1.13 bits per heavy atom. The minimum atomic E-state index is -1.69. The van der Waals surface area contributed by atoms with Crippen LogP contribution in [0.2, 0.25) is 0 Å². The minimum absolute atomic E-state index is 0.00349. The van der Waals surface area contributed by atoms with Crippen LogP contribution < -0.4 is 0 Å². The van der Waals surface area contributed by atoms with Crippen LogP contribution in [0.3, 0.4) is 0 Å². The van der Waals surface area contributed by atoms with Crippen LogP contribution in [0.15, 0.2) is 29.8 Å². The molecule has 1 fully saturated rings. The highest BCUT2D eigenvalue weighted by atomic mass is 16.5. The summed E-state index contributed by atoms with van der Waals surface area (Å²) in [5.41, 5.74) is 1.04. The average Bonchev–Trinajstić information content (AvgIpc) is 2.74. The number of hydrogen-bond acceptors (Lipinski definition) is 8. The number of piperidine rings is 1. The minimum Gasteiger partial charge on any atom is -0.467 e. The number of Topliss-reactive ketones (excluding diaryl/α,β-unsaturated/α-hetero) is 1. The van der Waals surface area contributed by atoms with Gasteiger partial charge < -0.3 is 19.1 Å². The second-order valence-electron chi connectivity index (χ2n) is 6.50. The monoisotopic (exact) mass is 417 g/mol. The molecule has 1 amide bonds. The Bertz CT molecular complexity index is 887. The second-order valence-corrected chi connectivity index (χ2v) is 6.50. The molecule has 160 valence electrons. The zero-order valence-electron chi connectivity index (χ0n) is 17.2. The van der Waals surface area contributed by atoms with E-state index in [1.165, 1.54) is 39.4 Å². The van der Waals surface area contributed by atoms with Crippen LogP contribution in [-0.4, -0.2) is 67.9 Å². The third kappa shape index (κ3) is 4.73. The Morgan fingerprint density at radius 3 is 2.30 bits per heavy atom. The molecular weight excluding hydrogens is 394 g/mol. The van der Waals surface area contributed by atoms with Crippen LogP contribution in [0.1, 0.15) is 29.8 Å². The molecule has 1 aromatic carbocycles. The largest absolute Gasteiger partial charge is 0.467 e. The van der Waals surface area contributed by atoms with E-state index in [9.17, 15) is 24.0 Å². The highest BCUT2D eigenvalue weighted by Crippen LogP contribution is 2.25. The van der Waals surface area contributed by atoms with Gasteiger partial charge in [0.2, 0.25) is 5.91 Å². The van der Waals surface area contributed by atoms with Gasteiger partial charge in [0.15, 0.2) is 11.7 Å². The van der Waals surface area contributed by atoms with Gasteiger partial charge in [0.25, 0.3) is 0 Å². The number of esters is 3. The summed E-state index contributed by atoms with van der Waals surface area (Å²) in [4.78, 5) is 62.6. The van der Waals surface area contributed by atoms with Gasteiger partial charge in [-0.3, -0.25) is 14.4 Å². The first kappa shape index (κ1) is 22.8. The molecule has 9 heteroatoms. The number of benzene rings is 1. The zero-order valence-corrected chi connectivity index (χ0v) is 17.2. The molecule has 1 aliphatic rings. The van der Waals surface area contributed by atoms with E-state index in [0.717, 1.165) is 4.90 Å². The van der Waals surface area contributed by atoms with Crippen LogP contribution in [0.25, 0.3) is 6.08 Å². The van der Waals surface area contributed by atoms with Gasteiger partial charge in [0.1, 0.15) is 6.04 Å². The Labute approximate surface area is 173 Å². The van der Waals surface area contributed by atoms with Crippen LogP contribution in [0, 0.1) is 5.92 Å². The molecule has 0 aromatic heterocycles. The summed E-state index contributed by atoms with van der Waals surface area (Å²) in [6, 6.07) is 5.23. The lowest BCUT2D eigenvalue weighted by molar-refractivity contribution is -0.164. The fourth-order valence-electron chi connectivity index (χ4n) is 3.01. The first-order valence-corrected chi connectivity index (χ1v) is 9.23. The molecule has 1 aromatic rings. The summed E-state index contributed by atoms with van der Waals surface area (Å²) in [5, 5.41) is 0. The summed E-state index contributed by atoms with van der Waals surface area (Å²) in [6.07, 6.45) is 1.50. The van der Waals surface area contributed by atoms with Gasteiger partial charge in [-0.15, -0.1) is 0 Å². The number of rotatable bonds is 6. The maximum absolute atomic E-state index is 12.9. The molecule has 0 aliphatic carbocycles. The molecule has 2 atom stereocenters. The van der Waals surface area contributed by atoms with Crippen LogP contribution in [0.5, 0.6) is 0 Å². The third-order valence-corrected chi connectivity index (χ3v) is 4.65. The number of carbonyl (C=O) groups is 5. The number of amides is 1. The van der Waals surface area contributed by atoms with E-state index in [-0.39, 0.29) is 18.7 Å². The predicted molar refractivity (Wildman–Crippen MR) is 104 cm³/mol. The lowest BCUT2D eigenvalue weighted by atomic mass is 9.89. The molecule has 0 radical (unpaired) electrons. The quantitative estimate of drug-likeness (QED) is 0.291. The fraction of sp³-hybridized carbons (Fsp3) is 0.381. The molecule has 30 heavy (non-hydrogen) atoms. The maximum atomic E-state index is 12.9. The topological polar surface area (TPSA) is 116 Å². The van der Waals surface area contributed by atoms with Crippen molar-refractivity contribution in [3.63, 3.8) is 0 Å². The summed E-state index contributed by atoms with van der Waals surface area (Å²) in [7, 11) is 2.45. The van der Waals surface area contributed by atoms with Crippen molar-refractivity contribution in [3.05, 3.63) is 41.0 Å². The van der Waals surface area contributed by atoms with Crippen molar-refractivity contribution in [2.24, 2.45) is 5.92 Å². The highest BCUT2D eigenvalue weighted by molar-refractivity contribution is 6.25. The van der Waals surface area contributed by atoms with Gasteiger partial charge in [-0.05, 0) is 37.6 Å². The summed E-state index contributed by atoms with van der Waals surface area (Å²) < 4.78 is 14.2. The van der Waals surface area contributed by atoms with E-state index in [1.807, 2.05) is 0 Å². The standard InChI is InChI=1S/C21H23NO8/c1-5-30-21(27)16-17(23)15(11-22(18(16)24)12(2)19(25)28-3)10-13-6-8-14(9-7-13)20(26)29-4/h6-10,12,16H,5,11H2,1-4H3/b15-10+. The van der Waals surface area contributed by atoms with E-state index in [2.05, 4.69) is 9.47 Å². The highest BCUT2D eigenvalue weighted by Gasteiger charge is 2.46. The Morgan fingerprint density at radius 2 is 1.77 bits per heavy atom. The van der Waals surface area contributed by atoms with Crippen molar-refractivity contribution in [1.82, 2.24) is 4.90 Å². The lowest BCUT2D eigenvalue weighted by Crippen LogP contribution is -2.55. The van der Waals surface area contributed by atoms with E-state index < -0.39 is 41.6 Å². The van der Waals surface area contributed by atoms with E-state index in [1.54, 1.807) is 19.1 Å². The van der Waals surface area contributed by atoms with Gasteiger partial charge >= 0.3 is 17.9 Å². The summed E-state index contributed by atoms with van der Waals surface area (Å²) in [6.45, 7) is 2.83. The molecule has 1 aliphatic heterocycles. The molecule has 0 saturated carbocycles. The number of hydrogen-bond donors (Lipinski definition) is 0. The summed E-state index contributed by atoms with van der Waals surface area (Å²) >= 11 is 0. The third-order valence-electron chi connectivity index (χ3n) is 4.65. The number of nitrogens with zero attached hydrogens (tertiary/aromatic N) is 1. The Hall–Kier alpha value is -3.49. The molecule has 0 spiro atoms. The molecule has 1 saturated heterocycles. The fourth-order valence-corrected chi connectivity index (χ4v) is 3.01. The molecule has 2 unspecified atom stereocenters. The first-order chi connectivity index (χ1) is 14.2. The number of ketones is 1. The smallest absolute Gasteiger partial charge is 0.337 e. The van der Waals surface area contributed by atoms with Crippen LogP contribution in [0.4, 0.5) is 0 Å².